The molecule has 0 spiro atoms. The molecule has 8 heteroatoms. The molecular weight excluding hydrogens is 505 g/mol. The zero-order chi connectivity index (χ0) is 25.1. The van der Waals surface area contributed by atoms with Crippen LogP contribution in [0.2, 0.25) is 15.1 Å². The average molecular weight is 537 g/mol. The number of nitrogens with zero attached hydrogens (tertiary/aromatic N) is 3. The van der Waals surface area contributed by atoms with Gasteiger partial charge in [0.15, 0.2) is 0 Å². The molecule has 2 aromatic rings. The van der Waals surface area contributed by atoms with Gasteiger partial charge in [-0.2, -0.15) is 0 Å². The van der Waals surface area contributed by atoms with E-state index in [0.29, 0.717) is 26.5 Å². The predicted octanol–water partition coefficient (Wildman–Crippen LogP) is 5.84. The molecule has 4 rings (SSSR count). The number of hydrogen-bond acceptors (Lipinski definition) is 3. The Hall–Kier alpha value is -1.79. The summed E-state index contributed by atoms with van der Waals surface area (Å²) < 4.78 is 0. The fourth-order valence-electron chi connectivity index (χ4n) is 5.45. The van der Waals surface area contributed by atoms with Crippen LogP contribution in [0.3, 0.4) is 0 Å². The molecule has 0 bridgehead atoms. The first kappa shape index (κ1) is 26.3. The van der Waals surface area contributed by atoms with Crippen molar-refractivity contribution in [3.05, 3.63) is 68.7 Å². The monoisotopic (exact) mass is 535 g/mol. The van der Waals surface area contributed by atoms with Crippen molar-refractivity contribution in [2.45, 2.75) is 38.1 Å². The van der Waals surface area contributed by atoms with Crippen molar-refractivity contribution in [1.29, 1.82) is 0 Å². The van der Waals surface area contributed by atoms with Crippen molar-refractivity contribution in [3.63, 3.8) is 0 Å². The predicted molar refractivity (Wildman–Crippen MR) is 143 cm³/mol. The molecule has 2 aliphatic rings. The van der Waals surface area contributed by atoms with Gasteiger partial charge in [0.1, 0.15) is 0 Å². The molecule has 0 N–H and O–H groups in total. The van der Waals surface area contributed by atoms with E-state index in [0.717, 1.165) is 57.5 Å². The minimum absolute atomic E-state index is 0.0122. The number of likely N-dealkylation sites (tertiary alicyclic amines) is 2. The molecule has 2 amide bonds. The number of carbonyl (C=O) groups is 2. The topological polar surface area (TPSA) is 43.9 Å². The highest BCUT2D eigenvalue weighted by molar-refractivity contribution is 6.42. The summed E-state index contributed by atoms with van der Waals surface area (Å²) in [5, 5.41) is 1.67. The smallest absolute Gasteiger partial charge is 0.253 e. The fourth-order valence-corrected chi connectivity index (χ4v) is 5.88. The Morgan fingerprint density at radius 1 is 0.943 bits per heavy atom. The summed E-state index contributed by atoms with van der Waals surface area (Å²) in [7, 11) is 1.89. The minimum atomic E-state index is -0.0122. The lowest BCUT2D eigenvalue weighted by atomic mass is 9.84. The number of hydrogen-bond donors (Lipinski definition) is 0. The summed E-state index contributed by atoms with van der Waals surface area (Å²) in [6.07, 6.45) is 2.94. The maximum Gasteiger partial charge on any atom is 0.253 e. The molecule has 1 unspecified atom stereocenters. The lowest BCUT2D eigenvalue weighted by molar-refractivity contribution is -0.130. The van der Waals surface area contributed by atoms with Crippen LogP contribution in [-0.2, 0) is 4.79 Å². The van der Waals surface area contributed by atoms with Crippen molar-refractivity contribution in [1.82, 2.24) is 14.7 Å². The Bertz CT molecular complexity index is 1050. The normalized spacial score (nSPS) is 21.7. The van der Waals surface area contributed by atoms with Gasteiger partial charge in [-0.3, -0.25) is 9.59 Å². The SMILES string of the molecule is CC(=O)N1CCC(CN2CCC(N(C)C(=O)c3ccc(Cl)cc3)[C@H](c3ccc(Cl)c(Cl)c3)C2)CC1. The molecule has 0 aromatic heterocycles. The lowest BCUT2D eigenvalue weighted by Crippen LogP contribution is -2.51. The van der Waals surface area contributed by atoms with Crippen LogP contribution in [0.25, 0.3) is 0 Å². The number of benzene rings is 2. The highest BCUT2D eigenvalue weighted by Gasteiger charge is 2.36. The number of rotatable bonds is 5. The number of likely N-dealkylation sites (N-methyl/N-ethyl adjacent to an activating group) is 1. The van der Waals surface area contributed by atoms with Crippen LogP contribution in [0.1, 0.15) is 48.0 Å². The number of halogens is 3. The molecule has 2 fully saturated rings. The zero-order valence-corrected chi connectivity index (χ0v) is 22.5. The second kappa shape index (κ2) is 11.5. The van der Waals surface area contributed by atoms with E-state index in [-0.39, 0.29) is 23.8 Å². The van der Waals surface area contributed by atoms with Crippen molar-refractivity contribution in [2.24, 2.45) is 5.92 Å². The van der Waals surface area contributed by atoms with E-state index in [1.165, 1.54) is 0 Å². The third-order valence-electron chi connectivity index (χ3n) is 7.52. The van der Waals surface area contributed by atoms with E-state index >= 15 is 0 Å². The maximum absolute atomic E-state index is 13.3. The summed E-state index contributed by atoms with van der Waals surface area (Å²) in [6.45, 7) is 6.09. The standard InChI is InChI=1S/C27H32Cl3N3O2/c1-18(34)33-13-9-19(10-14-33)16-32-12-11-26(23(17-32)21-5-8-24(29)25(30)15-21)31(2)27(35)20-3-6-22(28)7-4-20/h3-8,15,19,23,26H,9-14,16-17H2,1-2H3/t23-,26?/m0/s1. The molecule has 5 nitrogen and oxygen atoms in total. The van der Waals surface area contributed by atoms with Crippen LogP contribution >= 0.6 is 34.8 Å². The lowest BCUT2D eigenvalue weighted by Gasteiger charge is -2.44. The van der Waals surface area contributed by atoms with Gasteiger partial charge in [-0.25, -0.2) is 0 Å². The molecule has 0 saturated carbocycles. The third kappa shape index (κ3) is 6.32. The molecule has 0 aliphatic carbocycles. The molecule has 2 atom stereocenters. The van der Waals surface area contributed by atoms with E-state index < -0.39 is 0 Å². The third-order valence-corrected chi connectivity index (χ3v) is 8.51. The summed E-state index contributed by atoms with van der Waals surface area (Å²) >= 11 is 18.6. The van der Waals surface area contributed by atoms with Crippen LogP contribution in [0, 0.1) is 5.92 Å². The molecule has 2 saturated heterocycles. The van der Waals surface area contributed by atoms with Gasteiger partial charge in [0.25, 0.3) is 5.91 Å². The first-order valence-corrected chi connectivity index (χ1v) is 13.3. The van der Waals surface area contributed by atoms with Crippen molar-refractivity contribution < 1.29 is 9.59 Å². The Kier molecular flexibility index (Phi) is 8.64. The number of amides is 2. The Morgan fingerprint density at radius 2 is 1.63 bits per heavy atom. The summed E-state index contributed by atoms with van der Waals surface area (Å²) in [5.41, 5.74) is 1.72. The van der Waals surface area contributed by atoms with Gasteiger partial charge < -0.3 is 14.7 Å². The van der Waals surface area contributed by atoms with Gasteiger partial charge in [-0.05, 0) is 67.1 Å². The fraction of sp³-hybridized carbons (Fsp3) is 0.481. The molecule has 2 aliphatic heterocycles. The zero-order valence-electron chi connectivity index (χ0n) is 20.2. The molecule has 2 aromatic carbocycles. The highest BCUT2D eigenvalue weighted by atomic mass is 35.5. The summed E-state index contributed by atoms with van der Waals surface area (Å²) in [5.74, 6) is 0.834. The van der Waals surface area contributed by atoms with Gasteiger partial charge in [0.05, 0.1) is 10.0 Å². The van der Waals surface area contributed by atoms with Crippen molar-refractivity contribution in [3.8, 4) is 0 Å². The average Bonchev–Trinajstić information content (AvgIpc) is 2.85. The van der Waals surface area contributed by atoms with E-state index in [1.54, 1.807) is 31.2 Å². The van der Waals surface area contributed by atoms with E-state index in [1.807, 2.05) is 35.0 Å². The number of piperidine rings is 2. The van der Waals surface area contributed by atoms with Crippen LogP contribution in [0.15, 0.2) is 42.5 Å². The molecule has 188 valence electrons. The van der Waals surface area contributed by atoms with Gasteiger partial charge in [0.2, 0.25) is 5.91 Å². The van der Waals surface area contributed by atoms with Crippen molar-refractivity contribution in [2.75, 3.05) is 39.8 Å². The van der Waals surface area contributed by atoms with Gasteiger partial charge in [-0.15, -0.1) is 0 Å². The Balaban J connectivity index is 1.51. The molecule has 0 radical (unpaired) electrons. The van der Waals surface area contributed by atoms with E-state index in [2.05, 4.69) is 4.90 Å². The summed E-state index contributed by atoms with van der Waals surface area (Å²) in [4.78, 5) is 31.3. The molecule has 35 heavy (non-hydrogen) atoms. The minimum Gasteiger partial charge on any atom is -0.343 e. The van der Waals surface area contributed by atoms with Gasteiger partial charge in [0, 0.05) is 69.2 Å². The molecular formula is C27H32Cl3N3O2. The molecule has 2 heterocycles. The van der Waals surface area contributed by atoms with Gasteiger partial charge in [-0.1, -0.05) is 40.9 Å². The summed E-state index contributed by atoms with van der Waals surface area (Å²) in [6, 6.07) is 12.9. The number of carbonyl (C=O) groups excluding carboxylic acids is 2. The Labute approximate surface area is 222 Å². The second-order valence-electron chi connectivity index (χ2n) is 9.77. The highest BCUT2D eigenvalue weighted by Crippen LogP contribution is 2.35. The largest absolute Gasteiger partial charge is 0.343 e. The Morgan fingerprint density at radius 3 is 2.26 bits per heavy atom. The van der Waals surface area contributed by atoms with Gasteiger partial charge >= 0.3 is 0 Å². The van der Waals surface area contributed by atoms with Crippen LogP contribution in [-0.4, -0.2) is 72.3 Å². The second-order valence-corrected chi connectivity index (χ2v) is 11.0. The first-order valence-electron chi connectivity index (χ1n) is 12.2. The van der Waals surface area contributed by atoms with E-state index in [9.17, 15) is 9.59 Å². The maximum atomic E-state index is 13.3. The van der Waals surface area contributed by atoms with Crippen molar-refractivity contribution >= 4 is 46.6 Å². The van der Waals surface area contributed by atoms with Crippen LogP contribution in [0.4, 0.5) is 0 Å². The van der Waals surface area contributed by atoms with Crippen LogP contribution in [0.5, 0.6) is 0 Å². The first-order chi connectivity index (χ1) is 16.7. The quantitative estimate of drug-likeness (QED) is 0.482. The van der Waals surface area contributed by atoms with E-state index in [4.69, 9.17) is 34.8 Å². The van der Waals surface area contributed by atoms with Crippen LogP contribution < -0.4 is 0 Å².